The van der Waals surface area contributed by atoms with Crippen LogP contribution in [-0.2, 0) is 5.41 Å². The number of furan rings is 1. The van der Waals surface area contributed by atoms with Gasteiger partial charge in [0.15, 0.2) is 5.84 Å². The monoisotopic (exact) mass is 745 g/mol. The molecule has 0 bridgehead atoms. The molecule has 0 saturated heterocycles. The van der Waals surface area contributed by atoms with Gasteiger partial charge in [0.1, 0.15) is 34.7 Å². The first-order valence-electron chi connectivity index (χ1n) is 19.7. The minimum atomic E-state index is -0.580. The minimum Gasteiger partial charge on any atom is -0.457 e. The van der Waals surface area contributed by atoms with Crippen LogP contribution in [0.2, 0.25) is 0 Å². The van der Waals surface area contributed by atoms with Gasteiger partial charge in [-0.1, -0.05) is 170 Å². The molecule has 0 N–H and O–H groups in total. The van der Waals surface area contributed by atoms with Crippen LogP contribution >= 0.6 is 0 Å². The summed E-state index contributed by atoms with van der Waals surface area (Å²) in [5.74, 6) is 3.27. The number of ether oxygens (including phenoxy) is 1. The molecule has 3 heterocycles. The average Bonchev–Trinajstić information content (AvgIpc) is 3.82. The Balaban J connectivity index is 1.08. The summed E-state index contributed by atoms with van der Waals surface area (Å²) < 4.78 is 13.6. The van der Waals surface area contributed by atoms with Crippen LogP contribution in [0.5, 0.6) is 11.5 Å². The SMILES string of the molecule is CN1C(c2ccccc2)=NC(c2cccc3oc4c5c(ccc4c23)C2(c3ccccc3Oc3ccccc32)c2ccccc2-5)=NC1c1ccc(-c2ccccc2)cc1. The van der Waals surface area contributed by atoms with Gasteiger partial charge < -0.3 is 14.1 Å². The van der Waals surface area contributed by atoms with Crippen LogP contribution in [-0.4, -0.2) is 23.6 Å². The van der Waals surface area contributed by atoms with E-state index in [9.17, 15) is 0 Å². The van der Waals surface area contributed by atoms with Crippen molar-refractivity contribution >= 4 is 33.6 Å². The van der Waals surface area contributed by atoms with Crippen molar-refractivity contribution in [2.24, 2.45) is 9.98 Å². The van der Waals surface area contributed by atoms with Crippen molar-refractivity contribution in [2.45, 2.75) is 11.6 Å². The highest BCUT2D eigenvalue weighted by Gasteiger charge is 2.52. The molecule has 1 unspecified atom stereocenters. The van der Waals surface area contributed by atoms with E-state index in [0.717, 1.165) is 78.2 Å². The van der Waals surface area contributed by atoms with Gasteiger partial charge in [-0.15, -0.1) is 0 Å². The molecule has 1 atom stereocenters. The summed E-state index contributed by atoms with van der Waals surface area (Å²) in [5, 5.41) is 2.04. The maximum absolute atomic E-state index is 7.05. The Kier molecular flexibility index (Phi) is 7.05. The Labute approximate surface area is 335 Å². The Morgan fingerprint density at radius 1 is 0.517 bits per heavy atom. The zero-order chi connectivity index (χ0) is 38.4. The summed E-state index contributed by atoms with van der Waals surface area (Å²) in [6.07, 6.45) is -0.300. The van der Waals surface area contributed by atoms with Gasteiger partial charge in [-0.3, -0.25) is 0 Å². The topological polar surface area (TPSA) is 50.3 Å². The van der Waals surface area contributed by atoms with Crippen LogP contribution in [0.4, 0.5) is 0 Å². The zero-order valence-electron chi connectivity index (χ0n) is 31.6. The summed E-state index contributed by atoms with van der Waals surface area (Å²) in [6.45, 7) is 0. The molecule has 0 saturated carbocycles. The largest absolute Gasteiger partial charge is 0.457 e. The van der Waals surface area contributed by atoms with Crippen LogP contribution in [0, 0.1) is 0 Å². The van der Waals surface area contributed by atoms with Crippen LogP contribution in [0.1, 0.15) is 45.1 Å². The number of rotatable bonds is 4. The number of hydrogen-bond acceptors (Lipinski definition) is 5. The molecule has 9 aromatic rings. The highest BCUT2D eigenvalue weighted by Crippen LogP contribution is 2.63. The molecule has 8 aromatic carbocycles. The van der Waals surface area contributed by atoms with Crippen LogP contribution in [0.3, 0.4) is 0 Å². The summed E-state index contributed by atoms with van der Waals surface area (Å²) >= 11 is 0. The van der Waals surface area contributed by atoms with Crippen molar-refractivity contribution in [2.75, 3.05) is 7.05 Å². The van der Waals surface area contributed by atoms with Gasteiger partial charge in [0.05, 0.1) is 5.41 Å². The smallest absolute Gasteiger partial charge is 0.160 e. The molecule has 12 rings (SSSR count). The number of amidine groups is 2. The Hall–Kier alpha value is -7.50. The lowest BCUT2D eigenvalue weighted by Gasteiger charge is -2.39. The van der Waals surface area contributed by atoms with Gasteiger partial charge >= 0.3 is 0 Å². The number of nitrogens with zero attached hydrogens (tertiary/aromatic N) is 3. The number of fused-ring (bicyclic) bond motifs is 13. The standard InChI is InChI=1S/C53H35N3O2/c1-56-51(35-17-6-3-7-18-35)54-50(55-52(56)36-29-27-34(28-30-36)33-15-4-2-5-16-33)39-20-14-26-46-47(39)38-31-32-43-48(49(38)58-46)37-19-8-9-21-40(37)53(43)41-22-10-12-24-44(41)57-45-25-13-11-23-42(45)53/h2-32,52H,1H3. The van der Waals surface area contributed by atoms with E-state index in [2.05, 4.69) is 176 Å². The number of aliphatic imine (C=N–C) groups is 2. The fourth-order valence-corrected chi connectivity index (χ4v) is 9.69. The molecular weight excluding hydrogens is 711 g/mol. The van der Waals surface area contributed by atoms with Crippen molar-refractivity contribution in [1.82, 2.24) is 4.90 Å². The quantitative estimate of drug-likeness (QED) is 0.180. The first-order valence-corrected chi connectivity index (χ1v) is 19.7. The molecule has 0 radical (unpaired) electrons. The van der Waals surface area contributed by atoms with Crippen LogP contribution in [0.25, 0.3) is 44.2 Å². The molecule has 1 aliphatic carbocycles. The molecule has 1 spiro atoms. The molecule has 2 aliphatic heterocycles. The zero-order valence-corrected chi connectivity index (χ0v) is 31.6. The number of hydrogen-bond donors (Lipinski definition) is 0. The lowest BCUT2D eigenvalue weighted by atomic mass is 9.66. The summed E-state index contributed by atoms with van der Waals surface area (Å²) in [6, 6.07) is 66.1. The van der Waals surface area contributed by atoms with Crippen LogP contribution < -0.4 is 4.74 Å². The van der Waals surface area contributed by atoms with Gasteiger partial charge in [0.25, 0.3) is 0 Å². The van der Waals surface area contributed by atoms with E-state index in [-0.39, 0.29) is 6.17 Å². The average molecular weight is 746 g/mol. The lowest BCUT2D eigenvalue weighted by molar-refractivity contribution is 0.383. The van der Waals surface area contributed by atoms with Gasteiger partial charge in [-0.2, -0.15) is 0 Å². The predicted octanol–water partition coefficient (Wildman–Crippen LogP) is 12.6. The second-order valence-corrected chi connectivity index (χ2v) is 15.3. The molecular formula is C53H35N3O2. The first-order chi connectivity index (χ1) is 28.7. The first kappa shape index (κ1) is 32.7. The molecule has 5 nitrogen and oxygen atoms in total. The molecule has 1 aromatic heterocycles. The normalized spacial score (nSPS) is 15.9. The van der Waals surface area contributed by atoms with Crippen molar-refractivity contribution in [3.8, 4) is 33.8 Å². The van der Waals surface area contributed by atoms with Gasteiger partial charge in [-0.25, -0.2) is 9.98 Å². The maximum atomic E-state index is 7.05. The van der Waals surface area contributed by atoms with Gasteiger partial charge in [0, 0.05) is 45.6 Å². The summed E-state index contributed by atoms with van der Waals surface area (Å²) in [7, 11) is 2.08. The predicted molar refractivity (Wildman–Crippen MR) is 233 cm³/mol. The Morgan fingerprint density at radius 3 is 1.84 bits per heavy atom. The fourth-order valence-electron chi connectivity index (χ4n) is 9.69. The Morgan fingerprint density at radius 2 is 1.12 bits per heavy atom. The summed E-state index contributed by atoms with van der Waals surface area (Å²) in [5.41, 5.74) is 13.4. The van der Waals surface area contributed by atoms with E-state index >= 15 is 0 Å². The van der Waals surface area contributed by atoms with Crippen molar-refractivity contribution in [3.63, 3.8) is 0 Å². The third-order valence-corrected chi connectivity index (χ3v) is 12.2. The number of para-hydroxylation sites is 2. The highest BCUT2D eigenvalue weighted by atomic mass is 16.5. The van der Waals surface area contributed by atoms with Crippen molar-refractivity contribution < 1.29 is 9.15 Å². The van der Waals surface area contributed by atoms with Crippen molar-refractivity contribution in [1.29, 1.82) is 0 Å². The molecule has 0 amide bonds. The fraction of sp³-hybridized carbons (Fsp3) is 0.0566. The number of benzene rings is 8. The molecule has 5 heteroatoms. The molecule has 274 valence electrons. The maximum Gasteiger partial charge on any atom is 0.160 e. The van der Waals surface area contributed by atoms with E-state index < -0.39 is 5.41 Å². The Bertz CT molecular complexity index is 3120. The van der Waals surface area contributed by atoms with Crippen molar-refractivity contribution in [3.05, 3.63) is 227 Å². The van der Waals surface area contributed by atoms with E-state index in [1.54, 1.807) is 0 Å². The minimum absolute atomic E-state index is 0.300. The van der Waals surface area contributed by atoms with Gasteiger partial charge in [0.2, 0.25) is 0 Å². The second-order valence-electron chi connectivity index (χ2n) is 15.3. The van der Waals surface area contributed by atoms with Crippen LogP contribution in [0.15, 0.2) is 202 Å². The van der Waals surface area contributed by atoms with Gasteiger partial charge in [-0.05, 0) is 51.6 Å². The molecule has 3 aliphatic rings. The molecule has 0 fully saturated rings. The van der Waals surface area contributed by atoms with E-state index in [0.29, 0.717) is 5.84 Å². The third kappa shape index (κ3) is 4.58. The van der Waals surface area contributed by atoms with E-state index in [4.69, 9.17) is 19.1 Å². The van der Waals surface area contributed by atoms with E-state index in [1.807, 2.05) is 24.3 Å². The third-order valence-electron chi connectivity index (χ3n) is 12.2. The summed E-state index contributed by atoms with van der Waals surface area (Å²) in [4.78, 5) is 13.0. The molecule has 58 heavy (non-hydrogen) atoms. The lowest BCUT2D eigenvalue weighted by Crippen LogP contribution is -2.35. The highest BCUT2D eigenvalue weighted by molar-refractivity contribution is 6.23. The van der Waals surface area contributed by atoms with E-state index in [1.165, 1.54) is 22.3 Å². The second kappa shape index (κ2) is 12.5.